The van der Waals surface area contributed by atoms with Crippen LogP contribution in [0.15, 0.2) is 24.3 Å². The molecule has 1 aromatic carbocycles. The molecule has 3 heteroatoms. The van der Waals surface area contributed by atoms with Crippen molar-refractivity contribution in [2.24, 2.45) is 5.73 Å². The van der Waals surface area contributed by atoms with Gasteiger partial charge in [0.05, 0.1) is 0 Å². The van der Waals surface area contributed by atoms with E-state index in [1.807, 2.05) is 0 Å². The van der Waals surface area contributed by atoms with Gasteiger partial charge in [-0.2, -0.15) is 0 Å². The summed E-state index contributed by atoms with van der Waals surface area (Å²) in [7, 11) is 2.16. The Morgan fingerprint density at radius 2 is 1.73 bits per heavy atom. The van der Waals surface area contributed by atoms with Gasteiger partial charge >= 0.3 is 0 Å². The summed E-state index contributed by atoms with van der Waals surface area (Å²) in [6, 6.07) is 8.63. The van der Waals surface area contributed by atoms with Crippen molar-refractivity contribution < 1.29 is 0 Å². The number of hydrogen-bond acceptors (Lipinski definition) is 2. The van der Waals surface area contributed by atoms with Gasteiger partial charge in [-0.3, -0.25) is 0 Å². The summed E-state index contributed by atoms with van der Waals surface area (Å²) >= 11 is 2.33. The molecule has 2 rings (SSSR count). The standard InChI is InChI=1S/C12H17IN2/c1-15-8-6-12(14,7-9-15)10-2-4-11(13)5-3-10/h2-5H,6-9,14H2,1H3. The van der Waals surface area contributed by atoms with Crippen LogP contribution in [0.4, 0.5) is 0 Å². The van der Waals surface area contributed by atoms with Gasteiger partial charge in [0.15, 0.2) is 0 Å². The molecule has 0 saturated carbocycles. The van der Waals surface area contributed by atoms with Crippen molar-refractivity contribution in [3.63, 3.8) is 0 Å². The molecule has 0 unspecified atom stereocenters. The molecule has 1 heterocycles. The van der Waals surface area contributed by atoms with Gasteiger partial charge in [0.25, 0.3) is 0 Å². The summed E-state index contributed by atoms with van der Waals surface area (Å²) in [6.07, 6.45) is 2.12. The maximum Gasteiger partial charge on any atom is 0.0434 e. The van der Waals surface area contributed by atoms with Crippen LogP contribution < -0.4 is 5.73 Å². The van der Waals surface area contributed by atoms with E-state index in [0.29, 0.717) is 0 Å². The average Bonchev–Trinajstić information content (AvgIpc) is 2.24. The molecular weight excluding hydrogens is 299 g/mol. The number of benzene rings is 1. The normalized spacial score (nSPS) is 21.5. The van der Waals surface area contributed by atoms with Crippen molar-refractivity contribution in [2.75, 3.05) is 20.1 Å². The van der Waals surface area contributed by atoms with Crippen LogP contribution in [0.1, 0.15) is 18.4 Å². The summed E-state index contributed by atoms with van der Waals surface area (Å²) in [5, 5.41) is 0. The highest BCUT2D eigenvalue weighted by Crippen LogP contribution is 2.29. The molecule has 15 heavy (non-hydrogen) atoms. The van der Waals surface area contributed by atoms with Gasteiger partial charge in [-0.1, -0.05) is 12.1 Å². The van der Waals surface area contributed by atoms with Crippen LogP contribution in [0.3, 0.4) is 0 Å². The van der Waals surface area contributed by atoms with Crippen LogP contribution in [0.25, 0.3) is 0 Å². The number of likely N-dealkylation sites (tertiary alicyclic amines) is 1. The van der Waals surface area contributed by atoms with Crippen LogP contribution in [-0.4, -0.2) is 25.0 Å². The Bertz CT molecular complexity index is 326. The molecule has 1 aromatic rings. The highest BCUT2D eigenvalue weighted by molar-refractivity contribution is 14.1. The zero-order chi connectivity index (χ0) is 10.9. The van der Waals surface area contributed by atoms with E-state index in [2.05, 4.69) is 58.8 Å². The molecule has 0 radical (unpaired) electrons. The summed E-state index contributed by atoms with van der Waals surface area (Å²) in [5.74, 6) is 0. The summed E-state index contributed by atoms with van der Waals surface area (Å²) < 4.78 is 1.27. The Labute approximate surface area is 105 Å². The van der Waals surface area contributed by atoms with E-state index in [1.54, 1.807) is 0 Å². The second-order valence-electron chi connectivity index (χ2n) is 4.47. The van der Waals surface area contributed by atoms with Crippen molar-refractivity contribution in [2.45, 2.75) is 18.4 Å². The number of halogens is 1. The van der Waals surface area contributed by atoms with E-state index < -0.39 is 0 Å². The maximum absolute atomic E-state index is 6.46. The lowest BCUT2D eigenvalue weighted by molar-refractivity contribution is 0.191. The predicted molar refractivity (Wildman–Crippen MR) is 71.8 cm³/mol. The molecule has 0 spiro atoms. The fraction of sp³-hybridized carbons (Fsp3) is 0.500. The molecule has 2 nitrogen and oxygen atoms in total. The topological polar surface area (TPSA) is 29.3 Å². The third-order valence-corrected chi connectivity index (χ3v) is 4.02. The summed E-state index contributed by atoms with van der Waals surface area (Å²) in [5.41, 5.74) is 7.65. The predicted octanol–water partition coefficient (Wildman–Crippen LogP) is 2.17. The zero-order valence-electron chi connectivity index (χ0n) is 9.04. The lowest BCUT2D eigenvalue weighted by Crippen LogP contribution is -2.46. The third-order valence-electron chi connectivity index (χ3n) is 3.30. The summed E-state index contributed by atoms with van der Waals surface area (Å²) in [4.78, 5) is 2.35. The fourth-order valence-corrected chi connectivity index (χ4v) is 2.45. The quantitative estimate of drug-likeness (QED) is 0.805. The maximum atomic E-state index is 6.46. The van der Waals surface area contributed by atoms with Crippen molar-refractivity contribution in [1.82, 2.24) is 4.90 Å². The van der Waals surface area contributed by atoms with E-state index in [9.17, 15) is 0 Å². The van der Waals surface area contributed by atoms with Crippen LogP contribution in [0.2, 0.25) is 0 Å². The highest BCUT2D eigenvalue weighted by Gasteiger charge is 2.30. The lowest BCUT2D eigenvalue weighted by Gasteiger charge is -2.38. The first-order valence-corrected chi connectivity index (χ1v) is 6.41. The van der Waals surface area contributed by atoms with Gasteiger partial charge in [-0.25, -0.2) is 0 Å². The number of hydrogen-bond donors (Lipinski definition) is 1. The molecule has 0 amide bonds. The minimum absolute atomic E-state index is 0.100. The van der Waals surface area contributed by atoms with Gasteiger partial charge in [-0.05, 0) is 73.3 Å². The fourth-order valence-electron chi connectivity index (χ4n) is 2.09. The Hall–Kier alpha value is -0.130. The van der Waals surface area contributed by atoms with E-state index in [4.69, 9.17) is 5.73 Å². The van der Waals surface area contributed by atoms with E-state index in [-0.39, 0.29) is 5.54 Å². The number of rotatable bonds is 1. The van der Waals surface area contributed by atoms with Gasteiger partial charge in [-0.15, -0.1) is 0 Å². The molecular formula is C12H17IN2. The summed E-state index contributed by atoms with van der Waals surface area (Å²) in [6.45, 7) is 2.20. The van der Waals surface area contributed by atoms with E-state index in [1.165, 1.54) is 9.13 Å². The Morgan fingerprint density at radius 1 is 1.20 bits per heavy atom. The van der Waals surface area contributed by atoms with Crippen molar-refractivity contribution in [3.05, 3.63) is 33.4 Å². The SMILES string of the molecule is CN1CCC(N)(c2ccc(I)cc2)CC1. The number of nitrogens with zero attached hydrogens (tertiary/aromatic N) is 1. The lowest BCUT2D eigenvalue weighted by atomic mass is 9.82. The van der Waals surface area contributed by atoms with Gasteiger partial charge in [0, 0.05) is 9.11 Å². The minimum Gasteiger partial charge on any atom is -0.321 e. The number of nitrogens with two attached hydrogens (primary N) is 1. The van der Waals surface area contributed by atoms with E-state index in [0.717, 1.165) is 25.9 Å². The van der Waals surface area contributed by atoms with Crippen molar-refractivity contribution in [1.29, 1.82) is 0 Å². The van der Waals surface area contributed by atoms with Crippen molar-refractivity contribution >= 4 is 22.6 Å². The first kappa shape index (κ1) is 11.4. The van der Waals surface area contributed by atoms with Crippen LogP contribution in [0.5, 0.6) is 0 Å². The molecule has 1 aliphatic heterocycles. The largest absolute Gasteiger partial charge is 0.321 e. The Balaban J connectivity index is 2.18. The molecule has 82 valence electrons. The smallest absolute Gasteiger partial charge is 0.0434 e. The second kappa shape index (κ2) is 4.39. The van der Waals surface area contributed by atoms with Gasteiger partial charge in [0.1, 0.15) is 0 Å². The molecule has 0 bridgehead atoms. The first-order valence-electron chi connectivity index (χ1n) is 5.34. The third kappa shape index (κ3) is 2.52. The monoisotopic (exact) mass is 316 g/mol. The molecule has 2 N–H and O–H groups in total. The van der Waals surface area contributed by atoms with Gasteiger partial charge < -0.3 is 10.6 Å². The molecule has 1 aliphatic rings. The van der Waals surface area contributed by atoms with Crippen LogP contribution in [0, 0.1) is 3.57 Å². The Morgan fingerprint density at radius 3 is 2.27 bits per heavy atom. The molecule has 0 aliphatic carbocycles. The molecule has 1 fully saturated rings. The molecule has 1 saturated heterocycles. The highest BCUT2D eigenvalue weighted by atomic mass is 127. The Kier molecular flexibility index (Phi) is 3.33. The van der Waals surface area contributed by atoms with Gasteiger partial charge in [0.2, 0.25) is 0 Å². The average molecular weight is 316 g/mol. The first-order chi connectivity index (χ1) is 7.10. The van der Waals surface area contributed by atoms with E-state index >= 15 is 0 Å². The van der Waals surface area contributed by atoms with Crippen molar-refractivity contribution in [3.8, 4) is 0 Å². The molecule has 0 atom stereocenters. The minimum atomic E-state index is -0.100. The zero-order valence-corrected chi connectivity index (χ0v) is 11.2. The van der Waals surface area contributed by atoms with Crippen LogP contribution in [-0.2, 0) is 5.54 Å². The second-order valence-corrected chi connectivity index (χ2v) is 5.71. The number of piperidine rings is 1. The van der Waals surface area contributed by atoms with Crippen LogP contribution >= 0.6 is 22.6 Å². The molecule has 0 aromatic heterocycles.